The normalized spacial score (nSPS) is 21.4. The molecule has 0 amide bonds. The van der Waals surface area contributed by atoms with Crippen LogP contribution in [-0.2, 0) is 9.47 Å². The molecule has 2 aromatic carbocycles. The molecule has 0 spiro atoms. The molecule has 0 aromatic heterocycles. The summed E-state index contributed by atoms with van der Waals surface area (Å²) in [6.07, 6.45) is 2.64. The Kier molecular flexibility index (Phi) is 5.03. The minimum Gasteiger partial charge on any atom is -0.458 e. The number of ether oxygens (including phenoxy) is 2. The summed E-state index contributed by atoms with van der Waals surface area (Å²) < 4.78 is 11.3. The predicted molar refractivity (Wildman–Crippen MR) is 100 cm³/mol. The van der Waals surface area contributed by atoms with E-state index < -0.39 is 0 Å². The first kappa shape index (κ1) is 17.5. The van der Waals surface area contributed by atoms with Crippen LogP contribution in [0.4, 0.5) is 0 Å². The van der Waals surface area contributed by atoms with Crippen molar-refractivity contribution in [3.05, 3.63) is 83.4 Å². The van der Waals surface area contributed by atoms with E-state index in [4.69, 9.17) is 9.47 Å². The van der Waals surface area contributed by atoms with Crippen molar-refractivity contribution in [3.63, 3.8) is 0 Å². The fraction of sp³-hybridized carbons (Fsp3) is 0.273. The van der Waals surface area contributed by atoms with Crippen LogP contribution in [0.25, 0.3) is 0 Å². The lowest BCUT2D eigenvalue weighted by molar-refractivity contribution is 0.0240. The number of fused-ring (bicyclic) bond motifs is 1. The molecular formula is C22H21NO4. The zero-order valence-electron chi connectivity index (χ0n) is 14.9. The largest absolute Gasteiger partial charge is 0.458 e. The highest BCUT2D eigenvalue weighted by atomic mass is 16.5. The monoisotopic (exact) mass is 363 g/mol. The lowest BCUT2D eigenvalue weighted by Crippen LogP contribution is -2.36. The van der Waals surface area contributed by atoms with Crippen molar-refractivity contribution in [2.24, 2.45) is 0 Å². The number of benzene rings is 2. The van der Waals surface area contributed by atoms with E-state index >= 15 is 0 Å². The summed E-state index contributed by atoms with van der Waals surface area (Å²) in [6, 6.07) is 17.9. The van der Waals surface area contributed by atoms with Crippen LogP contribution in [0.3, 0.4) is 0 Å². The van der Waals surface area contributed by atoms with Gasteiger partial charge in [0.25, 0.3) is 0 Å². The third-order valence-corrected chi connectivity index (χ3v) is 5.06. The van der Waals surface area contributed by atoms with Gasteiger partial charge in [0.1, 0.15) is 12.7 Å². The Morgan fingerprint density at radius 3 is 2.22 bits per heavy atom. The lowest BCUT2D eigenvalue weighted by Gasteiger charge is -2.24. The molecule has 2 atom stereocenters. The van der Waals surface area contributed by atoms with E-state index in [2.05, 4.69) is 11.0 Å². The third kappa shape index (κ3) is 3.78. The second kappa shape index (κ2) is 7.76. The van der Waals surface area contributed by atoms with Gasteiger partial charge < -0.3 is 9.47 Å². The van der Waals surface area contributed by atoms with Crippen LogP contribution in [0.1, 0.15) is 27.1 Å². The number of carbonyl (C=O) groups is 2. The van der Waals surface area contributed by atoms with Crippen molar-refractivity contribution in [2.75, 3.05) is 19.7 Å². The average Bonchev–Trinajstić information content (AvgIpc) is 3.30. The summed E-state index contributed by atoms with van der Waals surface area (Å²) in [4.78, 5) is 26.8. The number of carbonyl (C=O) groups excluding carboxylic acids is 2. The van der Waals surface area contributed by atoms with Gasteiger partial charge in [0, 0.05) is 13.1 Å². The van der Waals surface area contributed by atoms with E-state index in [1.807, 2.05) is 36.4 Å². The molecule has 27 heavy (non-hydrogen) atoms. The molecule has 0 N–H and O–H groups in total. The molecular weight excluding hydrogens is 342 g/mol. The van der Waals surface area contributed by atoms with Crippen LogP contribution < -0.4 is 0 Å². The van der Waals surface area contributed by atoms with Crippen LogP contribution >= 0.6 is 0 Å². The van der Waals surface area contributed by atoms with Crippen molar-refractivity contribution in [2.45, 2.75) is 18.6 Å². The van der Waals surface area contributed by atoms with Gasteiger partial charge in [0.2, 0.25) is 0 Å². The molecule has 138 valence electrons. The summed E-state index contributed by atoms with van der Waals surface area (Å²) in [5.74, 6) is -0.652. The molecule has 2 aromatic rings. The smallest absolute Gasteiger partial charge is 0.338 e. The molecule has 4 rings (SSSR count). The number of hydrogen-bond donors (Lipinski definition) is 0. The van der Waals surface area contributed by atoms with Crippen LogP contribution in [0.2, 0.25) is 0 Å². The third-order valence-electron chi connectivity index (χ3n) is 5.06. The Morgan fingerprint density at radius 1 is 0.926 bits per heavy atom. The quantitative estimate of drug-likeness (QED) is 0.604. The number of nitrogens with zero attached hydrogens (tertiary/aromatic N) is 1. The van der Waals surface area contributed by atoms with Crippen LogP contribution in [0.15, 0.2) is 72.3 Å². The maximum absolute atomic E-state index is 12.4. The van der Waals surface area contributed by atoms with E-state index in [1.165, 1.54) is 0 Å². The van der Waals surface area contributed by atoms with E-state index in [1.54, 1.807) is 24.3 Å². The molecule has 5 nitrogen and oxygen atoms in total. The van der Waals surface area contributed by atoms with E-state index in [0.717, 1.165) is 25.1 Å². The first-order chi connectivity index (χ1) is 13.2. The second-order valence-corrected chi connectivity index (χ2v) is 6.76. The maximum atomic E-state index is 12.4. The van der Waals surface area contributed by atoms with Gasteiger partial charge in [-0.05, 0) is 36.3 Å². The van der Waals surface area contributed by atoms with Crippen LogP contribution in [-0.4, -0.2) is 48.7 Å². The fourth-order valence-corrected chi connectivity index (χ4v) is 3.71. The highest BCUT2D eigenvalue weighted by molar-refractivity contribution is 5.90. The van der Waals surface area contributed by atoms with Gasteiger partial charge in [-0.1, -0.05) is 42.5 Å². The highest BCUT2D eigenvalue weighted by Gasteiger charge is 2.42. The topological polar surface area (TPSA) is 55.8 Å². The molecule has 5 heteroatoms. The Bertz CT molecular complexity index is 847. The summed E-state index contributed by atoms with van der Waals surface area (Å²) in [5.41, 5.74) is 2.09. The molecule has 0 saturated carbocycles. The molecule has 1 saturated heterocycles. The molecule has 2 heterocycles. The zero-order chi connectivity index (χ0) is 18.6. The fourth-order valence-electron chi connectivity index (χ4n) is 3.71. The van der Waals surface area contributed by atoms with Gasteiger partial charge in [-0.2, -0.15) is 0 Å². The Hall–Kier alpha value is -2.92. The maximum Gasteiger partial charge on any atom is 0.338 e. The standard InChI is InChI=1S/C22H21NO4/c24-21(16-7-3-1-4-8-16)26-15-18-11-13-23-14-12-19(20(18)23)27-22(25)17-9-5-2-6-10-17/h1-11,19-20H,12-15H2/t19-,20+/m0/s1. The summed E-state index contributed by atoms with van der Waals surface area (Å²) in [5, 5.41) is 0. The highest BCUT2D eigenvalue weighted by Crippen LogP contribution is 2.31. The second-order valence-electron chi connectivity index (χ2n) is 6.76. The summed E-state index contributed by atoms with van der Waals surface area (Å²) >= 11 is 0. The van der Waals surface area contributed by atoms with Gasteiger partial charge >= 0.3 is 11.9 Å². The first-order valence-electron chi connectivity index (χ1n) is 9.13. The molecule has 0 radical (unpaired) electrons. The van der Waals surface area contributed by atoms with Crippen molar-refractivity contribution in [1.29, 1.82) is 0 Å². The van der Waals surface area contributed by atoms with Crippen molar-refractivity contribution in [3.8, 4) is 0 Å². The summed E-state index contributed by atoms with van der Waals surface area (Å²) in [6.45, 7) is 1.88. The van der Waals surface area contributed by atoms with Gasteiger partial charge in [-0.15, -0.1) is 0 Å². The Balaban J connectivity index is 1.38. The molecule has 0 aliphatic carbocycles. The van der Waals surface area contributed by atoms with E-state index in [9.17, 15) is 9.59 Å². The van der Waals surface area contributed by atoms with Gasteiger partial charge in [0.05, 0.1) is 17.2 Å². The van der Waals surface area contributed by atoms with Crippen LogP contribution in [0.5, 0.6) is 0 Å². The number of rotatable bonds is 5. The number of esters is 2. The van der Waals surface area contributed by atoms with Gasteiger partial charge in [0.15, 0.2) is 0 Å². The predicted octanol–water partition coefficient (Wildman–Crippen LogP) is 3.08. The van der Waals surface area contributed by atoms with Gasteiger partial charge in [-0.25, -0.2) is 9.59 Å². The molecule has 2 aliphatic heterocycles. The minimum atomic E-state index is -0.342. The minimum absolute atomic E-state index is 0.0127. The first-order valence-corrected chi connectivity index (χ1v) is 9.13. The lowest BCUT2D eigenvalue weighted by atomic mass is 10.0. The van der Waals surface area contributed by atoms with E-state index in [-0.39, 0.29) is 30.7 Å². The average molecular weight is 363 g/mol. The zero-order valence-corrected chi connectivity index (χ0v) is 14.9. The summed E-state index contributed by atoms with van der Waals surface area (Å²) in [7, 11) is 0. The molecule has 2 aliphatic rings. The van der Waals surface area contributed by atoms with Crippen molar-refractivity contribution < 1.29 is 19.1 Å². The van der Waals surface area contributed by atoms with Crippen LogP contribution in [0, 0.1) is 0 Å². The number of hydrogen-bond acceptors (Lipinski definition) is 5. The van der Waals surface area contributed by atoms with Crippen molar-refractivity contribution >= 4 is 11.9 Å². The van der Waals surface area contributed by atoms with E-state index in [0.29, 0.717) is 11.1 Å². The van der Waals surface area contributed by atoms with Gasteiger partial charge in [-0.3, -0.25) is 4.90 Å². The molecule has 1 fully saturated rings. The van der Waals surface area contributed by atoms with Crippen molar-refractivity contribution in [1.82, 2.24) is 4.90 Å². The Morgan fingerprint density at radius 2 is 1.56 bits per heavy atom. The Labute approximate surface area is 158 Å². The molecule has 0 unspecified atom stereocenters. The SMILES string of the molecule is O=C(OCC1=CCN2CC[C@H](OC(=O)c3ccccc3)[C@@H]12)c1ccccc1. The molecule has 0 bridgehead atoms.